The Hall–Kier alpha value is -1.09. The third kappa shape index (κ3) is 3.70. The summed E-state index contributed by atoms with van der Waals surface area (Å²) in [5, 5.41) is 0. The van der Waals surface area contributed by atoms with Crippen molar-refractivity contribution in [3.05, 3.63) is 29.3 Å². The first-order valence-corrected chi connectivity index (χ1v) is 6.87. The van der Waals surface area contributed by atoms with Gasteiger partial charge < -0.3 is 10.6 Å². The van der Waals surface area contributed by atoms with Gasteiger partial charge in [-0.25, -0.2) is 0 Å². The molecule has 0 amide bonds. The molecule has 100 valence electrons. The fraction of sp³-hybridized carbons (Fsp3) is 0.533. The second-order valence-electron chi connectivity index (χ2n) is 5.45. The van der Waals surface area contributed by atoms with Gasteiger partial charge in [0, 0.05) is 24.3 Å². The average Bonchev–Trinajstić information content (AvgIpc) is 2.26. The van der Waals surface area contributed by atoms with E-state index >= 15 is 0 Å². The molecule has 0 aliphatic heterocycles. The molecule has 0 saturated carbocycles. The Morgan fingerprint density at radius 1 is 1.33 bits per heavy atom. The number of thiocarbonyl (C=S) groups is 1. The summed E-state index contributed by atoms with van der Waals surface area (Å²) in [6.45, 7) is 8.89. The lowest BCUT2D eigenvalue weighted by Crippen LogP contribution is -2.30. The van der Waals surface area contributed by atoms with Gasteiger partial charge in [0.25, 0.3) is 0 Å². The Labute approximate surface area is 116 Å². The maximum atomic E-state index is 5.65. The van der Waals surface area contributed by atoms with Crippen molar-refractivity contribution < 1.29 is 0 Å². The van der Waals surface area contributed by atoms with Crippen LogP contribution in [0.4, 0.5) is 5.69 Å². The Kier molecular flexibility index (Phi) is 5.15. The highest BCUT2D eigenvalue weighted by Gasteiger charge is 2.14. The van der Waals surface area contributed by atoms with E-state index in [0.717, 1.165) is 5.56 Å². The summed E-state index contributed by atoms with van der Waals surface area (Å²) in [6, 6.07) is 6.71. The molecule has 1 aromatic rings. The Bertz CT molecular complexity index is 427. The van der Waals surface area contributed by atoms with Crippen LogP contribution in [0.5, 0.6) is 0 Å². The molecule has 0 radical (unpaired) electrons. The number of hydrogen-bond donors (Lipinski definition) is 1. The topological polar surface area (TPSA) is 29.3 Å². The van der Waals surface area contributed by atoms with Gasteiger partial charge in [0.05, 0.1) is 0 Å². The summed E-state index contributed by atoms with van der Waals surface area (Å²) < 4.78 is 0. The number of nitrogens with two attached hydrogens (primary N) is 1. The van der Waals surface area contributed by atoms with Crippen LogP contribution in [0.2, 0.25) is 0 Å². The molecular formula is C15H24N2S. The van der Waals surface area contributed by atoms with Crippen LogP contribution in [0.25, 0.3) is 0 Å². The van der Waals surface area contributed by atoms with Crippen LogP contribution in [0.3, 0.4) is 0 Å². The number of benzene rings is 1. The molecule has 3 heteroatoms. The summed E-state index contributed by atoms with van der Waals surface area (Å²) in [5.41, 5.74) is 9.07. The highest BCUT2D eigenvalue weighted by Crippen LogP contribution is 2.24. The van der Waals surface area contributed by atoms with Crippen molar-refractivity contribution in [1.82, 2.24) is 0 Å². The van der Waals surface area contributed by atoms with Gasteiger partial charge in [-0.05, 0) is 49.9 Å². The summed E-state index contributed by atoms with van der Waals surface area (Å²) >= 11 is 5.00. The SMILES string of the molecule is Cc1cc(C(N)=S)ccc1N(C)C(C)CC(C)C. The van der Waals surface area contributed by atoms with E-state index in [4.69, 9.17) is 18.0 Å². The van der Waals surface area contributed by atoms with E-state index in [2.05, 4.69) is 51.8 Å². The second kappa shape index (κ2) is 6.19. The predicted molar refractivity (Wildman–Crippen MR) is 84.4 cm³/mol. The van der Waals surface area contributed by atoms with Gasteiger partial charge in [0.15, 0.2) is 0 Å². The number of anilines is 1. The molecular weight excluding hydrogens is 240 g/mol. The minimum Gasteiger partial charge on any atom is -0.389 e. The van der Waals surface area contributed by atoms with E-state index in [1.807, 2.05) is 6.07 Å². The summed E-state index contributed by atoms with van der Waals surface area (Å²) in [6.07, 6.45) is 1.19. The molecule has 0 saturated heterocycles. The first-order chi connectivity index (χ1) is 8.32. The molecule has 2 N–H and O–H groups in total. The van der Waals surface area contributed by atoms with E-state index in [9.17, 15) is 0 Å². The normalized spacial score (nSPS) is 12.6. The molecule has 0 heterocycles. The quantitative estimate of drug-likeness (QED) is 0.825. The number of nitrogens with zero attached hydrogens (tertiary/aromatic N) is 1. The minimum atomic E-state index is 0.461. The maximum absolute atomic E-state index is 5.65. The largest absolute Gasteiger partial charge is 0.389 e. The number of rotatable bonds is 5. The minimum absolute atomic E-state index is 0.461. The van der Waals surface area contributed by atoms with Crippen LogP contribution in [0.1, 0.15) is 38.3 Å². The van der Waals surface area contributed by atoms with Crippen molar-refractivity contribution in [2.75, 3.05) is 11.9 Å². The zero-order valence-electron chi connectivity index (χ0n) is 12.0. The maximum Gasteiger partial charge on any atom is 0.103 e. The van der Waals surface area contributed by atoms with E-state index in [1.54, 1.807) is 0 Å². The molecule has 1 unspecified atom stereocenters. The highest BCUT2D eigenvalue weighted by atomic mass is 32.1. The summed E-state index contributed by atoms with van der Waals surface area (Å²) in [4.78, 5) is 2.79. The molecule has 0 fully saturated rings. The van der Waals surface area contributed by atoms with Gasteiger partial charge in [-0.2, -0.15) is 0 Å². The molecule has 0 aromatic heterocycles. The molecule has 2 nitrogen and oxygen atoms in total. The number of aryl methyl sites for hydroxylation is 1. The molecule has 0 spiro atoms. The standard InChI is InChI=1S/C15H24N2S/c1-10(2)8-12(4)17(5)14-7-6-13(15(16)18)9-11(14)3/h6-7,9-10,12H,8H2,1-5H3,(H2,16,18). The summed E-state index contributed by atoms with van der Waals surface area (Å²) in [7, 11) is 2.15. The van der Waals surface area contributed by atoms with E-state index < -0.39 is 0 Å². The fourth-order valence-electron chi connectivity index (χ4n) is 2.28. The lowest BCUT2D eigenvalue weighted by Gasteiger charge is -2.30. The van der Waals surface area contributed by atoms with Gasteiger partial charge in [-0.1, -0.05) is 26.1 Å². The Balaban J connectivity index is 2.92. The van der Waals surface area contributed by atoms with Crippen molar-refractivity contribution in [3.63, 3.8) is 0 Å². The van der Waals surface area contributed by atoms with Crippen molar-refractivity contribution in [2.24, 2.45) is 11.7 Å². The van der Waals surface area contributed by atoms with Crippen LogP contribution < -0.4 is 10.6 Å². The molecule has 1 rings (SSSR count). The lowest BCUT2D eigenvalue weighted by atomic mass is 10.0. The molecule has 1 atom stereocenters. The lowest BCUT2D eigenvalue weighted by molar-refractivity contribution is 0.504. The van der Waals surface area contributed by atoms with Crippen molar-refractivity contribution in [1.29, 1.82) is 0 Å². The third-order valence-electron chi connectivity index (χ3n) is 3.33. The van der Waals surface area contributed by atoms with Crippen LogP contribution in [-0.2, 0) is 0 Å². The van der Waals surface area contributed by atoms with Gasteiger partial charge in [0.2, 0.25) is 0 Å². The molecule has 18 heavy (non-hydrogen) atoms. The van der Waals surface area contributed by atoms with Gasteiger partial charge in [-0.15, -0.1) is 0 Å². The van der Waals surface area contributed by atoms with Gasteiger partial charge >= 0.3 is 0 Å². The van der Waals surface area contributed by atoms with E-state index in [1.165, 1.54) is 17.7 Å². The Morgan fingerprint density at radius 2 is 1.94 bits per heavy atom. The van der Waals surface area contributed by atoms with Crippen molar-refractivity contribution >= 4 is 22.9 Å². The third-order valence-corrected chi connectivity index (χ3v) is 3.57. The van der Waals surface area contributed by atoms with Crippen LogP contribution >= 0.6 is 12.2 Å². The molecule has 0 bridgehead atoms. The van der Waals surface area contributed by atoms with Crippen LogP contribution in [-0.4, -0.2) is 18.1 Å². The Morgan fingerprint density at radius 3 is 2.39 bits per heavy atom. The summed E-state index contributed by atoms with van der Waals surface area (Å²) in [5.74, 6) is 0.707. The zero-order chi connectivity index (χ0) is 13.9. The van der Waals surface area contributed by atoms with Crippen LogP contribution in [0, 0.1) is 12.8 Å². The van der Waals surface area contributed by atoms with E-state index in [0.29, 0.717) is 16.9 Å². The van der Waals surface area contributed by atoms with Crippen molar-refractivity contribution in [2.45, 2.75) is 40.2 Å². The van der Waals surface area contributed by atoms with Gasteiger partial charge in [-0.3, -0.25) is 0 Å². The fourth-order valence-corrected chi connectivity index (χ4v) is 2.41. The predicted octanol–water partition coefficient (Wildman–Crippen LogP) is 3.50. The highest BCUT2D eigenvalue weighted by molar-refractivity contribution is 7.80. The average molecular weight is 264 g/mol. The number of hydrogen-bond acceptors (Lipinski definition) is 2. The zero-order valence-corrected chi connectivity index (χ0v) is 12.8. The van der Waals surface area contributed by atoms with Crippen LogP contribution in [0.15, 0.2) is 18.2 Å². The smallest absolute Gasteiger partial charge is 0.103 e. The van der Waals surface area contributed by atoms with Crippen molar-refractivity contribution in [3.8, 4) is 0 Å². The molecule has 0 aliphatic rings. The van der Waals surface area contributed by atoms with E-state index in [-0.39, 0.29) is 0 Å². The van der Waals surface area contributed by atoms with Gasteiger partial charge in [0.1, 0.15) is 4.99 Å². The monoisotopic (exact) mass is 264 g/mol. The molecule has 1 aromatic carbocycles. The first kappa shape index (κ1) is 15.0. The second-order valence-corrected chi connectivity index (χ2v) is 5.89. The first-order valence-electron chi connectivity index (χ1n) is 6.46. The molecule has 0 aliphatic carbocycles.